The molecule has 0 aliphatic heterocycles. The minimum Gasteiger partial charge on any atom is -0.369 e. The second-order valence-corrected chi connectivity index (χ2v) is 4.88. The van der Waals surface area contributed by atoms with Crippen molar-refractivity contribution >= 4 is 36.2 Å². The van der Waals surface area contributed by atoms with Crippen molar-refractivity contribution in [2.24, 2.45) is 21.7 Å². The number of rotatable bonds is 3. The van der Waals surface area contributed by atoms with Crippen LogP contribution in [0.1, 0.15) is 16.8 Å². The Bertz CT molecular complexity index is 778. The minimum atomic E-state index is -4.46. The number of benzene rings is 1. The van der Waals surface area contributed by atoms with Crippen molar-refractivity contribution in [2.45, 2.75) is 13.1 Å². The largest absolute Gasteiger partial charge is 0.416 e. The van der Waals surface area contributed by atoms with Crippen LogP contribution in [-0.2, 0) is 6.18 Å². The van der Waals surface area contributed by atoms with Crippen LogP contribution in [0.3, 0.4) is 0 Å². The first-order valence-corrected chi connectivity index (χ1v) is 6.62. The lowest BCUT2D eigenvalue weighted by molar-refractivity contribution is -0.137. The second-order valence-electron chi connectivity index (χ2n) is 4.52. The number of hydrogen-bond acceptors (Lipinski definition) is 3. The minimum absolute atomic E-state index is 0. The van der Waals surface area contributed by atoms with Gasteiger partial charge in [0.05, 0.1) is 28.7 Å². The van der Waals surface area contributed by atoms with Gasteiger partial charge in [0, 0.05) is 0 Å². The average molecular weight is 381 g/mol. The zero-order valence-corrected chi connectivity index (χ0v) is 13.8. The van der Waals surface area contributed by atoms with E-state index in [0.717, 1.165) is 12.1 Å². The quantitative estimate of drug-likeness (QED) is 0.486. The first kappa shape index (κ1) is 19.8. The molecule has 0 saturated heterocycles. The predicted molar refractivity (Wildman–Crippen MR) is 89.0 cm³/mol. The van der Waals surface area contributed by atoms with E-state index in [1.54, 1.807) is 6.92 Å². The Hall–Kier alpha value is -2.26. The maximum absolute atomic E-state index is 12.8. The lowest BCUT2D eigenvalue weighted by Crippen LogP contribution is -2.21. The van der Waals surface area contributed by atoms with Gasteiger partial charge in [0.2, 0.25) is 5.96 Å². The maximum Gasteiger partial charge on any atom is 0.416 e. The average Bonchev–Trinajstić information content (AvgIpc) is 2.74. The molecule has 2 aromatic rings. The molecule has 0 aliphatic carbocycles. The zero-order chi connectivity index (χ0) is 17.2. The molecule has 0 saturated carbocycles. The van der Waals surface area contributed by atoms with E-state index in [1.165, 1.54) is 23.0 Å². The molecule has 4 N–H and O–H groups in total. The summed E-state index contributed by atoms with van der Waals surface area (Å²) in [7, 11) is 0. The number of alkyl halides is 3. The molecule has 0 spiro atoms. The molecule has 1 aromatic heterocycles. The molecule has 1 heterocycles. The van der Waals surface area contributed by atoms with Crippen molar-refractivity contribution in [3.05, 3.63) is 46.2 Å². The monoisotopic (exact) mass is 380 g/mol. The Labute approximate surface area is 146 Å². The van der Waals surface area contributed by atoms with Crippen molar-refractivity contribution in [3.8, 4) is 5.69 Å². The smallest absolute Gasteiger partial charge is 0.369 e. The summed E-state index contributed by atoms with van der Waals surface area (Å²) in [6.07, 6.45) is -3.18. The summed E-state index contributed by atoms with van der Waals surface area (Å²) in [5.41, 5.74) is 10.5. The lowest BCUT2D eigenvalue weighted by Gasteiger charge is -2.09. The summed E-state index contributed by atoms with van der Waals surface area (Å²) >= 11 is 6.16. The Morgan fingerprint density at radius 2 is 2.00 bits per heavy atom. The van der Waals surface area contributed by atoms with Crippen molar-refractivity contribution in [3.63, 3.8) is 0 Å². The van der Waals surface area contributed by atoms with Crippen LogP contribution in [0.15, 0.2) is 34.5 Å². The zero-order valence-electron chi connectivity index (χ0n) is 12.3. The van der Waals surface area contributed by atoms with Gasteiger partial charge in [-0.25, -0.2) is 4.68 Å². The SMILES string of the molecule is Cc1nn(-c2cccc(C(F)(F)F)c2)c(Cl)c1/C=N/N=C(N)N.Cl. The van der Waals surface area contributed by atoms with Gasteiger partial charge in [-0.3, -0.25) is 0 Å². The molecule has 0 fully saturated rings. The van der Waals surface area contributed by atoms with Gasteiger partial charge in [0.1, 0.15) is 5.15 Å². The third-order valence-corrected chi connectivity index (χ3v) is 3.19. The molecular formula is C13H13Cl2F3N6. The third-order valence-electron chi connectivity index (χ3n) is 2.83. The highest BCUT2D eigenvalue weighted by Gasteiger charge is 2.30. The number of halogens is 5. The van der Waals surface area contributed by atoms with Crippen molar-refractivity contribution in [1.82, 2.24) is 9.78 Å². The number of hydrogen-bond donors (Lipinski definition) is 2. The van der Waals surface area contributed by atoms with Crippen LogP contribution < -0.4 is 11.5 Å². The normalized spacial score (nSPS) is 11.4. The Balaban J connectivity index is 0.00000288. The molecule has 2 rings (SSSR count). The third kappa shape index (κ3) is 4.39. The number of nitrogens with two attached hydrogens (primary N) is 2. The number of nitrogens with zero attached hydrogens (tertiary/aromatic N) is 4. The Morgan fingerprint density at radius 3 is 2.58 bits per heavy atom. The van der Waals surface area contributed by atoms with E-state index in [4.69, 9.17) is 23.1 Å². The van der Waals surface area contributed by atoms with Crippen LogP contribution in [0.4, 0.5) is 13.2 Å². The van der Waals surface area contributed by atoms with Crippen LogP contribution in [-0.4, -0.2) is 22.0 Å². The van der Waals surface area contributed by atoms with Crippen LogP contribution in [0.25, 0.3) is 5.69 Å². The highest BCUT2D eigenvalue weighted by Crippen LogP contribution is 2.31. The predicted octanol–water partition coefficient (Wildman–Crippen LogP) is 2.88. The van der Waals surface area contributed by atoms with Crippen molar-refractivity contribution in [1.29, 1.82) is 0 Å². The fourth-order valence-corrected chi connectivity index (χ4v) is 2.12. The molecule has 24 heavy (non-hydrogen) atoms. The first-order valence-electron chi connectivity index (χ1n) is 6.25. The molecule has 0 bridgehead atoms. The standard InChI is InChI=1S/C13H12ClF3N6.ClH/c1-7-10(6-20-21-12(18)19)11(14)23(22-7)9-4-2-3-8(5-9)13(15,16)17;/h2-6H,1H3,(H4,18,19,21);1H/b20-6+;. The van der Waals surface area contributed by atoms with E-state index in [1.807, 2.05) is 0 Å². The van der Waals surface area contributed by atoms with Crippen LogP contribution in [0.5, 0.6) is 0 Å². The fraction of sp³-hybridized carbons (Fsp3) is 0.154. The van der Waals surface area contributed by atoms with E-state index < -0.39 is 11.7 Å². The van der Waals surface area contributed by atoms with E-state index in [2.05, 4.69) is 15.3 Å². The van der Waals surface area contributed by atoms with E-state index in [-0.39, 0.29) is 29.2 Å². The summed E-state index contributed by atoms with van der Waals surface area (Å²) in [5, 5.41) is 11.3. The maximum atomic E-state index is 12.8. The molecule has 11 heteroatoms. The highest BCUT2D eigenvalue weighted by molar-refractivity contribution is 6.32. The Morgan fingerprint density at radius 1 is 1.33 bits per heavy atom. The van der Waals surface area contributed by atoms with E-state index in [0.29, 0.717) is 11.3 Å². The molecule has 0 aliphatic rings. The molecule has 0 atom stereocenters. The second kappa shape index (κ2) is 7.54. The van der Waals surface area contributed by atoms with Crippen LogP contribution in [0, 0.1) is 6.92 Å². The van der Waals surface area contributed by atoms with Crippen molar-refractivity contribution < 1.29 is 13.2 Å². The summed E-state index contributed by atoms with van der Waals surface area (Å²) < 4.78 is 39.5. The van der Waals surface area contributed by atoms with Gasteiger partial charge in [-0.2, -0.15) is 23.4 Å². The van der Waals surface area contributed by atoms with Gasteiger partial charge in [-0.15, -0.1) is 17.5 Å². The molecule has 0 radical (unpaired) electrons. The summed E-state index contributed by atoms with van der Waals surface area (Å²) in [4.78, 5) is 0. The van der Waals surface area contributed by atoms with E-state index in [9.17, 15) is 13.2 Å². The molecule has 130 valence electrons. The number of aromatic nitrogens is 2. The van der Waals surface area contributed by atoms with Crippen molar-refractivity contribution in [2.75, 3.05) is 0 Å². The molecular weight excluding hydrogens is 368 g/mol. The topological polar surface area (TPSA) is 94.6 Å². The Kier molecular flexibility index (Phi) is 6.22. The summed E-state index contributed by atoms with van der Waals surface area (Å²) in [5.74, 6) is -0.236. The number of guanidine groups is 1. The molecule has 1 aromatic carbocycles. The molecule has 0 unspecified atom stereocenters. The van der Waals surface area contributed by atoms with Gasteiger partial charge < -0.3 is 11.5 Å². The lowest BCUT2D eigenvalue weighted by atomic mass is 10.2. The van der Waals surface area contributed by atoms with Gasteiger partial charge in [0.25, 0.3) is 0 Å². The number of aryl methyl sites for hydroxylation is 1. The van der Waals surface area contributed by atoms with Gasteiger partial charge >= 0.3 is 6.18 Å². The first-order chi connectivity index (χ1) is 10.7. The molecule has 6 nitrogen and oxygen atoms in total. The van der Waals surface area contributed by atoms with Gasteiger partial charge in [-0.1, -0.05) is 17.7 Å². The van der Waals surface area contributed by atoms with Gasteiger partial charge in [0.15, 0.2) is 0 Å². The van der Waals surface area contributed by atoms with Crippen LogP contribution in [0.2, 0.25) is 5.15 Å². The van der Waals surface area contributed by atoms with Gasteiger partial charge in [-0.05, 0) is 25.1 Å². The summed E-state index contributed by atoms with van der Waals surface area (Å²) in [6, 6.07) is 4.66. The van der Waals surface area contributed by atoms with E-state index >= 15 is 0 Å². The summed E-state index contributed by atoms with van der Waals surface area (Å²) in [6.45, 7) is 1.63. The fourth-order valence-electron chi connectivity index (χ4n) is 1.80. The molecule has 0 amide bonds. The highest BCUT2D eigenvalue weighted by atomic mass is 35.5. The van der Waals surface area contributed by atoms with Crippen LogP contribution >= 0.6 is 24.0 Å².